The number of nitrogens with zero attached hydrogens (tertiary/aromatic N) is 1. The molecule has 0 aromatic carbocycles. The van der Waals surface area contributed by atoms with Crippen molar-refractivity contribution in [2.75, 3.05) is 20.2 Å². The molecule has 24 heavy (non-hydrogen) atoms. The third-order valence-electron chi connectivity index (χ3n) is 5.73. The summed E-state index contributed by atoms with van der Waals surface area (Å²) < 4.78 is 10.5. The zero-order chi connectivity index (χ0) is 17.4. The molecule has 2 aliphatic heterocycles. The van der Waals surface area contributed by atoms with Crippen LogP contribution in [0.25, 0.3) is 0 Å². The number of methoxy groups -OCH3 is 1. The Bertz CT molecular complexity index is 611. The van der Waals surface area contributed by atoms with E-state index in [1.807, 2.05) is 6.92 Å². The van der Waals surface area contributed by atoms with Crippen LogP contribution in [-0.4, -0.2) is 53.2 Å². The van der Waals surface area contributed by atoms with Gasteiger partial charge in [0.2, 0.25) is 11.5 Å². The number of aliphatic hydroxyl groups excluding tert-OH is 1. The number of rotatable bonds is 4. The highest BCUT2D eigenvalue weighted by molar-refractivity contribution is 5.98. The zero-order valence-electron chi connectivity index (χ0n) is 14.6. The number of fused-ring (bicyclic) bond motifs is 1. The van der Waals surface area contributed by atoms with E-state index in [9.17, 15) is 15.0 Å². The standard InChI is InChI=1S/C18H27NO5/c1-10(15(21)17-16(23-3)11(2)18(22)24-17)14-12-6-4-8-19(12)9-5-7-13(14)20/h10,12-14,20,22H,4-9H2,1-3H3/t10-,12+,13+,14+/m0/s1. The number of aromatic hydroxyl groups is 1. The van der Waals surface area contributed by atoms with Crippen LogP contribution in [-0.2, 0) is 0 Å². The fourth-order valence-corrected chi connectivity index (χ4v) is 4.46. The lowest BCUT2D eigenvalue weighted by Gasteiger charge is -2.34. The van der Waals surface area contributed by atoms with Crippen molar-refractivity contribution in [1.82, 2.24) is 4.90 Å². The van der Waals surface area contributed by atoms with Crippen LogP contribution < -0.4 is 4.74 Å². The van der Waals surface area contributed by atoms with Crippen LogP contribution in [0.15, 0.2) is 4.42 Å². The minimum absolute atomic E-state index is 0.0565. The van der Waals surface area contributed by atoms with Crippen LogP contribution in [0.3, 0.4) is 0 Å². The summed E-state index contributed by atoms with van der Waals surface area (Å²) >= 11 is 0. The molecular weight excluding hydrogens is 310 g/mol. The van der Waals surface area contributed by atoms with Crippen molar-refractivity contribution in [1.29, 1.82) is 0 Å². The predicted molar refractivity (Wildman–Crippen MR) is 88.5 cm³/mol. The summed E-state index contributed by atoms with van der Waals surface area (Å²) in [6.45, 7) is 5.53. The van der Waals surface area contributed by atoms with Gasteiger partial charge in [-0.2, -0.15) is 0 Å². The Morgan fingerprint density at radius 2 is 2.00 bits per heavy atom. The Balaban J connectivity index is 1.90. The lowest BCUT2D eigenvalue weighted by atomic mass is 9.78. The van der Waals surface area contributed by atoms with Gasteiger partial charge in [-0.1, -0.05) is 6.92 Å². The lowest BCUT2D eigenvalue weighted by molar-refractivity contribution is 0.0328. The first-order chi connectivity index (χ1) is 11.5. The Labute approximate surface area is 142 Å². The largest absolute Gasteiger partial charge is 0.492 e. The average Bonchev–Trinajstić information content (AvgIpc) is 3.08. The summed E-state index contributed by atoms with van der Waals surface area (Å²) in [5.41, 5.74) is 0.428. The fourth-order valence-electron chi connectivity index (χ4n) is 4.46. The van der Waals surface area contributed by atoms with Crippen molar-refractivity contribution >= 4 is 5.78 Å². The third kappa shape index (κ3) is 2.82. The van der Waals surface area contributed by atoms with Crippen LogP contribution in [0, 0.1) is 18.8 Å². The van der Waals surface area contributed by atoms with Crippen molar-refractivity contribution in [3.8, 4) is 11.7 Å². The maximum Gasteiger partial charge on any atom is 0.289 e. The number of ether oxygens (including phenoxy) is 1. The molecule has 4 atom stereocenters. The monoisotopic (exact) mass is 337 g/mol. The van der Waals surface area contributed by atoms with E-state index < -0.39 is 12.0 Å². The van der Waals surface area contributed by atoms with Gasteiger partial charge in [-0.15, -0.1) is 0 Å². The quantitative estimate of drug-likeness (QED) is 0.821. The molecule has 6 heteroatoms. The van der Waals surface area contributed by atoms with Crippen LogP contribution >= 0.6 is 0 Å². The molecule has 0 amide bonds. The first-order valence-corrected chi connectivity index (χ1v) is 8.78. The number of ketones is 1. The SMILES string of the molecule is COc1c(C(=O)[C@@H](C)[C@H]2[C@H](O)CCCN3CCC[C@H]23)oc(O)c1C. The maximum absolute atomic E-state index is 13.0. The molecule has 0 unspecified atom stereocenters. The van der Waals surface area contributed by atoms with Gasteiger partial charge in [0.25, 0.3) is 5.95 Å². The van der Waals surface area contributed by atoms with Crippen molar-refractivity contribution < 1.29 is 24.2 Å². The molecule has 0 spiro atoms. The number of aliphatic hydroxyl groups is 1. The van der Waals surface area contributed by atoms with Gasteiger partial charge < -0.3 is 19.4 Å². The Kier molecular flexibility index (Phi) is 4.88. The molecular formula is C18H27NO5. The molecule has 2 N–H and O–H groups in total. The minimum Gasteiger partial charge on any atom is -0.492 e. The summed E-state index contributed by atoms with van der Waals surface area (Å²) in [7, 11) is 1.46. The van der Waals surface area contributed by atoms with Gasteiger partial charge in [0, 0.05) is 17.9 Å². The van der Waals surface area contributed by atoms with Gasteiger partial charge in [-0.05, 0) is 45.7 Å². The average molecular weight is 337 g/mol. The highest BCUT2D eigenvalue weighted by atomic mass is 16.5. The van der Waals surface area contributed by atoms with Gasteiger partial charge >= 0.3 is 0 Å². The Hall–Kier alpha value is -1.53. The lowest BCUT2D eigenvalue weighted by Crippen LogP contribution is -2.44. The zero-order valence-corrected chi connectivity index (χ0v) is 14.6. The molecule has 0 aliphatic carbocycles. The molecule has 0 bridgehead atoms. The second-order valence-electron chi connectivity index (χ2n) is 7.08. The highest BCUT2D eigenvalue weighted by Crippen LogP contribution is 2.40. The van der Waals surface area contributed by atoms with Crippen LogP contribution in [0.4, 0.5) is 0 Å². The maximum atomic E-state index is 13.0. The molecule has 0 saturated carbocycles. The topological polar surface area (TPSA) is 83.1 Å². The van der Waals surface area contributed by atoms with Gasteiger partial charge in [-0.3, -0.25) is 9.69 Å². The van der Waals surface area contributed by atoms with Crippen LogP contribution in [0.1, 0.15) is 48.7 Å². The van der Waals surface area contributed by atoms with E-state index in [-0.39, 0.29) is 35.2 Å². The minimum atomic E-state index is -0.493. The molecule has 3 rings (SSSR count). The Morgan fingerprint density at radius 1 is 1.33 bits per heavy atom. The van der Waals surface area contributed by atoms with Crippen molar-refractivity contribution in [3.63, 3.8) is 0 Å². The first-order valence-electron chi connectivity index (χ1n) is 8.78. The molecule has 2 saturated heterocycles. The summed E-state index contributed by atoms with van der Waals surface area (Å²) in [4.78, 5) is 15.4. The molecule has 6 nitrogen and oxygen atoms in total. The molecule has 1 aromatic heterocycles. The summed E-state index contributed by atoms with van der Waals surface area (Å²) in [6.07, 6.45) is 3.30. The fraction of sp³-hybridized carbons (Fsp3) is 0.722. The number of hydrogen-bond donors (Lipinski definition) is 2. The summed E-state index contributed by atoms with van der Waals surface area (Å²) in [5.74, 6) is -0.682. The number of Topliss-reactive ketones (excluding diaryl/α,β-unsaturated/α-hetero) is 1. The smallest absolute Gasteiger partial charge is 0.289 e. The third-order valence-corrected chi connectivity index (χ3v) is 5.73. The van der Waals surface area contributed by atoms with Gasteiger partial charge in [0.1, 0.15) is 0 Å². The van der Waals surface area contributed by atoms with Gasteiger partial charge in [0.15, 0.2) is 5.75 Å². The van der Waals surface area contributed by atoms with Crippen molar-refractivity contribution in [3.05, 3.63) is 11.3 Å². The molecule has 2 aliphatic rings. The Morgan fingerprint density at radius 3 is 2.67 bits per heavy atom. The van der Waals surface area contributed by atoms with Gasteiger partial charge in [0.05, 0.1) is 18.8 Å². The number of furan rings is 1. The van der Waals surface area contributed by atoms with Crippen molar-refractivity contribution in [2.24, 2.45) is 11.8 Å². The van der Waals surface area contributed by atoms with E-state index in [4.69, 9.17) is 9.15 Å². The van der Waals surface area contributed by atoms with E-state index in [2.05, 4.69) is 4.90 Å². The molecule has 2 fully saturated rings. The second-order valence-corrected chi connectivity index (χ2v) is 7.08. The normalized spacial score (nSPS) is 29.1. The number of carbonyl (C=O) groups is 1. The van der Waals surface area contributed by atoms with Gasteiger partial charge in [-0.25, -0.2) is 0 Å². The van der Waals surface area contributed by atoms with E-state index in [1.165, 1.54) is 7.11 Å². The summed E-state index contributed by atoms with van der Waals surface area (Å²) in [6, 6.07) is 0.233. The first kappa shape index (κ1) is 17.3. The number of carbonyl (C=O) groups excluding carboxylic acids is 1. The molecule has 0 radical (unpaired) electrons. The summed E-state index contributed by atoms with van der Waals surface area (Å²) in [5, 5.41) is 20.4. The molecule has 134 valence electrons. The van der Waals surface area contributed by atoms with Crippen LogP contribution in [0.5, 0.6) is 11.7 Å². The van der Waals surface area contributed by atoms with E-state index >= 15 is 0 Å². The van der Waals surface area contributed by atoms with Crippen molar-refractivity contribution in [2.45, 2.75) is 51.7 Å². The molecule has 1 aromatic rings. The van der Waals surface area contributed by atoms with E-state index in [1.54, 1.807) is 6.92 Å². The highest BCUT2D eigenvalue weighted by Gasteiger charge is 2.44. The van der Waals surface area contributed by atoms with E-state index in [0.29, 0.717) is 5.56 Å². The van der Waals surface area contributed by atoms with Crippen LogP contribution in [0.2, 0.25) is 0 Å². The predicted octanol–water partition coefficient (Wildman–Crippen LogP) is 2.36. The number of hydrogen-bond acceptors (Lipinski definition) is 6. The van der Waals surface area contributed by atoms with E-state index in [0.717, 1.165) is 38.8 Å². The second kappa shape index (κ2) is 6.76. The molecule has 3 heterocycles.